The number of nitriles is 1. The van der Waals surface area contributed by atoms with E-state index in [0.717, 1.165) is 16.9 Å². The predicted octanol–water partition coefficient (Wildman–Crippen LogP) is 2.35. The molecule has 1 atom stereocenters. The fourth-order valence-corrected chi connectivity index (χ4v) is 1.46. The Bertz CT molecular complexity index is 393. The minimum atomic E-state index is -0.569. The molecule has 0 heterocycles. The predicted molar refractivity (Wildman–Crippen MR) is 64.4 cm³/mol. The molecule has 0 bridgehead atoms. The van der Waals surface area contributed by atoms with Gasteiger partial charge in [-0.1, -0.05) is 26.0 Å². The zero-order valence-corrected chi connectivity index (χ0v) is 10.0. The lowest BCUT2D eigenvalue weighted by Crippen LogP contribution is -2.26. The molecule has 0 radical (unpaired) electrons. The van der Waals surface area contributed by atoms with Gasteiger partial charge in [-0.25, -0.2) is 0 Å². The van der Waals surface area contributed by atoms with E-state index in [1.807, 2.05) is 19.1 Å². The molecular formula is C13H18N2O. The molecular weight excluding hydrogens is 200 g/mol. The molecule has 1 rings (SSSR count). The van der Waals surface area contributed by atoms with Gasteiger partial charge in [0.2, 0.25) is 0 Å². The smallest absolute Gasteiger partial charge is 0.127 e. The fraction of sp³-hybridized carbons (Fsp3) is 0.462. The summed E-state index contributed by atoms with van der Waals surface area (Å²) >= 11 is 0. The molecule has 0 amide bonds. The average molecular weight is 218 g/mol. The summed E-state index contributed by atoms with van der Waals surface area (Å²) in [4.78, 5) is 0. The summed E-state index contributed by atoms with van der Waals surface area (Å²) in [6, 6.07) is 7.49. The second kappa shape index (κ2) is 5.53. The van der Waals surface area contributed by atoms with E-state index in [4.69, 9.17) is 15.7 Å². The SMILES string of the molecule is Cc1ccc(C(C)C)c(OCC(N)C#N)c1. The number of ether oxygens (including phenoxy) is 1. The van der Waals surface area contributed by atoms with Crippen LogP contribution in [0.1, 0.15) is 30.9 Å². The standard InChI is InChI=1S/C13H18N2O/c1-9(2)12-5-4-10(3)6-13(12)16-8-11(15)7-14/h4-6,9,11H,8,15H2,1-3H3. The minimum absolute atomic E-state index is 0.236. The lowest BCUT2D eigenvalue weighted by Gasteiger charge is -2.15. The van der Waals surface area contributed by atoms with Crippen molar-refractivity contribution in [2.24, 2.45) is 5.73 Å². The Labute approximate surface area is 96.8 Å². The van der Waals surface area contributed by atoms with Crippen LogP contribution in [0.25, 0.3) is 0 Å². The van der Waals surface area contributed by atoms with Crippen molar-refractivity contribution in [3.63, 3.8) is 0 Å². The molecule has 1 aromatic carbocycles. The summed E-state index contributed by atoms with van der Waals surface area (Å²) in [5, 5.41) is 8.59. The molecule has 1 aromatic rings. The molecule has 0 fully saturated rings. The van der Waals surface area contributed by atoms with Crippen LogP contribution in [-0.2, 0) is 0 Å². The van der Waals surface area contributed by atoms with E-state index in [9.17, 15) is 0 Å². The normalized spacial score (nSPS) is 12.2. The average Bonchev–Trinajstić information content (AvgIpc) is 2.25. The first-order chi connectivity index (χ1) is 7.54. The van der Waals surface area contributed by atoms with Gasteiger partial charge < -0.3 is 10.5 Å². The van der Waals surface area contributed by atoms with Gasteiger partial charge in [0.05, 0.1) is 6.07 Å². The molecule has 0 spiro atoms. The Morgan fingerprint density at radius 2 is 2.12 bits per heavy atom. The first kappa shape index (κ1) is 12.5. The highest BCUT2D eigenvalue weighted by molar-refractivity contribution is 5.39. The molecule has 1 unspecified atom stereocenters. The number of rotatable bonds is 4. The summed E-state index contributed by atoms with van der Waals surface area (Å²) in [5.41, 5.74) is 7.79. The Kier molecular flexibility index (Phi) is 4.33. The van der Waals surface area contributed by atoms with E-state index < -0.39 is 6.04 Å². The van der Waals surface area contributed by atoms with Crippen LogP contribution in [0.5, 0.6) is 5.75 Å². The third-order valence-electron chi connectivity index (χ3n) is 2.38. The maximum absolute atomic E-state index is 8.59. The number of aryl methyl sites for hydroxylation is 1. The van der Waals surface area contributed by atoms with E-state index in [-0.39, 0.29) is 6.61 Å². The largest absolute Gasteiger partial charge is 0.491 e. The van der Waals surface area contributed by atoms with Crippen molar-refractivity contribution < 1.29 is 4.74 Å². The van der Waals surface area contributed by atoms with Crippen LogP contribution in [0, 0.1) is 18.3 Å². The summed E-state index contributed by atoms with van der Waals surface area (Å²) in [6.45, 7) is 6.48. The van der Waals surface area contributed by atoms with Crippen LogP contribution < -0.4 is 10.5 Å². The van der Waals surface area contributed by atoms with Crippen molar-refractivity contribution in [3.8, 4) is 11.8 Å². The number of nitrogens with zero attached hydrogens (tertiary/aromatic N) is 1. The van der Waals surface area contributed by atoms with E-state index in [0.29, 0.717) is 5.92 Å². The van der Waals surface area contributed by atoms with E-state index in [1.54, 1.807) is 0 Å². The first-order valence-corrected chi connectivity index (χ1v) is 5.43. The van der Waals surface area contributed by atoms with Crippen molar-refractivity contribution in [2.75, 3.05) is 6.61 Å². The second-order valence-electron chi connectivity index (χ2n) is 4.24. The second-order valence-corrected chi connectivity index (χ2v) is 4.24. The zero-order chi connectivity index (χ0) is 12.1. The Morgan fingerprint density at radius 3 is 2.69 bits per heavy atom. The van der Waals surface area contributed by atoms with Gasteiger partial charge in [-0.05, 0) is 30.0 Å². The molecule has 3 nitrogen and oxygen atoms in total. The van der Waals surface area contributed by atoms with Crippen molar-refractivity contribution in [1.29, 1.82) is 5.26 Å². The molecule has 86 valence electrons. The van der Waals surface area contributed by atoms with Gasteiger partial charge in [0.25, 0.3) is 0 Å². The van der Waals surface area contributed by atoms with Gasteiger partial charge >= 0.3 is 0 Å². The topological polar surface area (TPSA) is 59.0 Å². The molecule has 16 heavy (non-hydrogen) atoms. The molecule has 3 heteroatoms. The zero-order valence-electron chi connectivity index (χ0n) is 10.0. The molecule has 0 saturated carbocycles. The van der Waals surface area contributed by atoms with Crippen LogP contribution in [-0.4, -0.2) is 12.6 Å². The lowest BCUT2D eigenvalue weighted by atomic mass is 10.0. The van der Waals surface area contributed by atoms with Gasteiger partial charge in [0, 0.05) is 0 Å². The summed E-state index contributed by atoms with van der Waals surface area (Å²) in [6.07, 6.45) is 0. The lowest BCUT2D eigenvalue weighted by molar-refractivity contribution is 0.304. The third kappa shape index (κ3) is 3.25. The molecule has 0 saturated heterocycles. The number of hydrogen-bond acceptors (Lipinski definition) is 3. The third-order valence-corrected chi connectivity index (χ3v) is 2.38. The summed E-state index contributed by atoms with van der Waals surface area (Å²) in [7, 11) is 0. The maximum Gasteiger partial charge on any atom is 0.127 e. The number of hydrogen-bond donors (Lipinski definition) is 1. The van der Waals surface area contributed by atoms with Gasteiger partial charge in [-0.2, -0.15) is 5.26 Å². The van der Waals surface area contributed by atoms with Crippen molar-refractivity contribution in [1.82, 2.24) is 0 Å². The van der Waals surface area contributed by atoms with E-state index >= 15 is 0 Å². The molecule has 0 aliphatic rings. The van der Waals surface area contributed by atoms with E-state index in [2.05, 4.69) is 26.0 Å². The van der Waals surface area contributed by atoms with Crippen LogP contribution in [0.3, 0.4) is 0 Å². The van der Waals surface area contributed by atoms with Gasteiger partial charge in [0.15, 0.2) is 0 Å². The molecule has 0 aliphatic carbocycles. The number of nitrogens with two attached hydrogens (primary N) is 1. The van der Waals surface area contributed by atoms with Crippen LogP contribution in [0.4, 0.5) is 0 Å². The van der Waals surface area contributed by atoms with Crippen molar-refractivity contribution in [3.05, 3.63) is 29.3 Å². The van der Waals surface area contributed by atoms with Gasteiger partial charge in [-0.3, -0.25) is 0 Å². The van der Waals surface area contributed by atoms with Crippen LogP contribution in [0.15, 0.2) is 18.2 Å². The quantitative estimate of drug-likeness (QED) is 0.843. The van der Waals surface area contributed by atoms with Crippen LogP contribution in [0.2, 0.25) is 0 Å². The highest BCUT2D eigenvalue weighted by Gasteiger charge is 2.09. The first-order valence-electron chi connectivity index (χ1n) is 5.43. The Morgan fingerprint density at radius 1 is 1.44 bits per heavy atom. The number of benzene rings is 1. The summed E-state index contributed by atoms with van der Waals surface area (Å²) < 4.78 is 5.58. The van der Waals surface area contributed by atoms with E-state index in [1.165, 1.54) is 0 Å². The summed E-state index contributed by atoms with van der Waals surface area (Å²) in [5.74, 6) is 1.23. The van der Waals surface area contributed by atoms with Crippen molar-refractivity contribution >= 4 is 0 Å². The molecule has 0 aromatic heterocycles. The monoisotopic (exact) mass is 218 g/mol. The van der Waals surface area contributed by atoms with Gasteiger partial charge in [0.1, 0.15) is 18.4 Å². The Hall–Kier alpha value is -1.53. The Balaban J connectivity index is 2.85. The van der Waals surface area contributed by atoms with Crippen molar-refractivity contribution in [2.45, 2.75) is 32.7 Å². The molecule has 2 N–H and O–H groups in total. The maximum atomic E-state index is 8.59. The highest BCUT2D eigenvalue weighted by atomic mass is 16.5. The highest BCUT2D eigenvalue weighted by Crippen LogP contribution is 2.27. The minimum Gasteiger partial charge on any atom is -0.491 e. The fourth-order valence-electron chi connectivity index (χ4n) is 1.46. The van der Waals surface area contributed by atoms with Crippen LogP contribution >= 0.6 is 0 Å². The van der Waals surface area contributed by atoms with Gasteiger partial charge in [-0.15, -0.1) is 0 Å². The molecule has 0 aliphatic heterocycles.